The summed E-state index contributed by atoms with van der Waals surface area (Å²) >= 11 is 1.62. The Morgan fingerprint density at radius 1 is 1.14 bits per heavy atom. The number of hydrogen-bond acceptors (Lipinski definition) is 5. The van der Waals surface area contributed by atoms with Crippen LogP contribution in [0.15, 0.2) is 59.0 Å². The monoisotopic (exact) mass is 413 g/mol. The van der Waals surface area contributed by atoms with Crippen LogP contribution >= 0.6 is 11.3 Å². The van der Waals surface area contributed by atoms with Crippen molar-refractivity contribution < 1.29 is 14.3 Å². The second-order valence-electron chi connectivity index (χ2n) is 5.50. The van der Waals surface area contributed by atoms with Crippen LogP contribution in [0, 0.1) is 6.92 Å². The molecule has 3 rings (SSSR count). The lowest BCUT2D eigenvalue weighted by atomic mass is 10.2. The van der Waals surface area contributed by atoms with E-state index in [1.54, 1.807) is 24.7 Å². The molecule has 0 atom stereocenters. The zero-order valence-corrected chi connectivity index (χ0v) is 18.0. The molecule has 0 aliphatic carbocycles. The number of carbonyl (C=O) groups excluding carboxylic acids is 2. The molecular weight excluding hydrogens is 386 g/mol. The predicted molar refractivity (Wildman–Crippen MR) is 121 cm³/mol. The summed E-state index contributed by atoms with van der Waals surface area (Å²) in [6, 6.07) is 15.9. The Hall–Kier alpha value is -3.19. The van der Waals surface area contributed by atoms with Crippen molar-refractivity contribution in [1.82, 2.24) is 10.7 Å². The summed E-state index contributed by atoms with van der Waals surface area (Å²) in [6.07, 6.45) is 2.06. The maximum absolute atomic E-state index is 11.2. The molecule has 0 spiro atoms. The highest BCUT2D eigenvalue weighted by Gasteiger charge is 2.01. The molecule has 0 aliphatic heterocycles. The van der Waals surface area contributed by atoms with Crippen LogP contribution in [0.5, 0.6) is 5.75 Å². The second-order valence-corrected chi connectivity index (χ2v) is 6.41. The van der Waals surface area contributed by atoms with Crippen LogP contribution in [0.3, 0.4) is 0 Å². The third kappa shape index (κ3) is 8.57. The van der Waals surface area contributed by atoms with Crippen LogP contribution < -0.4 is 15.5 Å². The average molecular weight is 414 g/mol. The summed E-state index contributed by atoms with van der Waals surface area (Å²) in [4.78, 5) is 21.1. The van der Waals surface area contributed by atoms with E-state index in [1.165, 1.54) is 10.3 Å². The Kier molecular flexibility index (Phi) is 11.4. The van der Waals surface area contributed by atoms with Gasteiger partial charge in [0.15, 0.2) is 0 Å². The fourth-order valence-corrected chi connectivity index (χ4v) is 3.03. The molecule has 2 amide bonds. The number of aryl methyl sites for hydroxylation is 1. The molecule has 6 nitrogen and oxygen atoms in total. The minimum atomic E-state index is -0.363. The average Bonchev–Trinajstić information content (AvgIpc) is 3.18. The highest BCUT2D eigenvalue weighted by molar-refractivity contribution is 7.17. The SMILES string of the molecule is CC.COc1ccc(C)cc1.O=CNCC(=O)N/N=C/c1csc2ccccc12. The van der Waals surface area contributed by atoms with Crippen molar-refractivity contribution in [1.29, 1.82) is 0 Å². The predicted octanol–water partition coefficient (Wildman–Crippen LogP) is 4.13. The molecule has 7 heteroatoms. The van der Waals surface area contributed by atoms with E-state index in [0.29, 0.717) is 6.41 Å². The van der Waals surface area contributed by atoms with Crippen LogP contribution in [-0.2, 0) is 9.59 Å². The zero-order valence-electron chi connectivity index (χ0n) is 17.1. The van der Waals surface area contributed by atoms with Gasteiger partial charge in [-0.2, -0.15) is 5.10 Å². The smallest absolute Gasteiger partial charge is 0.259 e. The number of nitrogens with zero attached hydrogens (tertiary/aromatic N) is 1. The number of methoxy groups -OCH3 is 1. The van der Waals surface area contributed by atoms with Gasteiger partial charge >= 0.3 is 0 Å². The fourth-order valence-electron chi connectivity index (χ4n) is 2.12. The van der Waals surface area contributed by atoms with E-state index in [-0.39, 0.29) is 12.5 Å². The van der Waals surface area contributed by atoms with Crippen LogP contribution in [0.1, 0.15) is 25.0 Å². The summed E-state index contributed by atoms with van der Waals surface area (Å²) in [5.41, 5.74) is 4.55. The van der Waals surface area contributed by atoms with Crippen molar-refractivity contribution in [2.45, 2.75) is 20.8 Å². The lowest BCUT2D eigenvalue weighted by molar-refractivity contribution is -0.122. The normalized spacial score (nSPS) is 9.66. The lowest BCUT2D eigenvalue weighted by Crippen LogP contribution is -2.30. The number of carbonyl (C=O) groups is 2. The van der Waals surface area contributed by atoms with E-state index >= 15 is 0 Å². The Labute approximate surface area is 175 Å². The van der Waals surface area contributed by atoms with Gasteiger partial charge < -0.3 is 10.1 Å². The molecule has 2 aromatic carbocycles. The second kappa shape index (κ2) is 13.9. The minimum Gasteiger partial charge on any atom is -0.497 e. The van der Waals surface area contributed by atoms with Crippen molar-refractivity contribution in [3.8, 4) is 5.75 Å². The molecule has 3 aromatic rings. The van der Waals surface area contributed by atoms with Crippen LogP contribution in [0.4, 0.5) is 0 Å². The van der Waals surface area contributed by atoms with Crippen molar-refractivity contribution in [2.24, 2.45) is 5.10 Å². The van der Waals surface area contributed by atoms with Crippen LogP contribution in [0.2, 0.25) is 0 Å². The molecule has 29 heavy (non-hydrogen) atoms. The first-order valence-corrected chi connectivity index (χ1v) is 10.1. The van der Waals surface area contributed by atoms with Gasteiger partial charge in [-0.05, 0) is 25.1 Å². The minimum absolute atomic E-state index is 0.0782. The molecule has 0 saturated heterocycles. The fraction of sp³-hybridized carbons (Fsp3) is 0.227. The number of fused-ring (bicyclic) bond motifs is 1. The summed E-state index contributed by atoms with van der Waals surface area (Å²) in [6.45, 7) is 5.98. The van der Waals surface area contributed by atoms with E-state index in [1.807, 2.05) is 67.8 Å². The Morgan fingerprint density at radius 2 is 1.83 bits per heavy atom. The Balaban J connectivity index is 0.000000321. The molecule has 1 heterocycles. The first-order valence-electron chi connectivity index (χ1n) is 9.20. The third-order valence-electron chi connectivity index (χ3n) is 3.51. The Morgan fingerprint density at radius 3 is 2.48 bits per heavy atom. The number of benzene rings is 2. The van der Waals surface area contributed by atoms with Gasteiger partial charge in [0, 0.05) is 21.0 Å². The van der Waals surface area contributed by atoms with Gasteiger partial charge in [-0.1, -0.05) is 49.7 Å². The molecule has 0 radical (unpaired) electrons. The van der Waals surface area contributed by atoms with Gasteiger partial charge in [0.1, 0.15) is 5.75 Å². The Bertz CT molecular complexity index is 905. The molecule has 2 N–H and O–H groups in total. The standard InChI is InChI=1S/C12H11N3O2S.C8H10O.C2H6/c16-8-13-6-12(17)15-14-5-9-7-18-11-4-2-1-3-10(9)11;1-7-3-5-8(9-2)6-4-7;1-2/h1-5,7-8H,6H2,(H,13,16)(H,15,17);3-6H,1-2H3;1-2H3/b14-5+;;. The van der Waals surface area contributed by atoms with Gasteiger partial charge in [-0.3, -0.25) is 9.59 Å². The lowest BCUT2D eigenvalue weighted by Gasteiger charge is -1.97. The molecule has 154 valence electrons. The van der Waals surface area contributed by atoms with E-state index in [0.717, 1.165) is 16.7 Å². The maximum atomic E-state index is 11.2. The van der Waals surface area contributed by atoms with Gasteiger partial charge in [-0.15, -0.1) is 11.3 Å². The molecule has 0 bridgehead atoms. The number of ether oxygens (including phenoxy) is 1. The molecule has 0 aliphatic rings. The van der Waals surface area contributed by atoms with Crippen molar-refractivity contribution in [2.75, 3.05) is 13.7 Å². The van der Waals surface area contributed by atoms with Crippen molar-refractivity contribution >= 4 is 40.0 Å². The number of thiophene rings is 1. The first kappa shape index (κ1) is 23.8. The van der Waals surface area contributed by atoms with Crippen molar-refractivity contribution in [3.63, 3.8) is 0 Å². The van der Waals surface area contributed by atoms with Gasteiger partial charge in [-0.25, -0.2) is 5.43 Å². The van der Waals surface area contributed by atoms with E-state index < -0.39 is 0 Å². The number of hydrazone groups is 1. The van der Waals surface area contributed by atoms with E-state index in [9.17, 15) is 9.59 Å². The highest BCUT2D eigenvalue weighted by atomic mass is 32.1. The van der Waals surface area contributed by atoms with Gasteiger partial charge in [0.05, 0.1) is 19.9 Å². The molecule has 0 fully saturated rings. The third-order valence-corrected chi connectivity index (χ3v) is 4.49. The number of rotatable bonds is 6. The molecule has 0 unspecified atom stereocenters. The van der Waals surface area contributed by atoms with Gasteiger partial charge in [0.2, 0.25) is 6.41 Å². The number of nitrogens with one attached hydrogen (secondary N) is 2. The largest absolute Gasteiger partial charge is 0.497 e. The summed E-state index contributed by atoms with van der Waals surface area (Å²) < 4.78 is 6.14. The van der Waals surface area contributed by atoms with Crippen LogP contribution in [0.25, 0.3) is 10.1 Å². The maximum Gasteiger partial charge on any atom is 0.259 e. The van der Waals surface area contributed by atoms with Gasteiger partial charge in [0.25, 0.3) is 5.91 Å². The summed E-state index contributed by atoms with van der Waals surface area (Å²) in [7, 11) is 1.67. The van der Waals surface area contributed by atoms with E-state index in [4.69, 9.17) is 4.74 Å². The highest BCUT2D eigenvalue weighted by Crippen LogP contribution is 2.23. The number of amides is 2. The first-order chi connectivity index (χ1) is 14.1. The summed E-state index contributed by atoms with van der Waals surface area (Å²) in [5.74, 6) is 0.554. The zero-order chi connectivity index (χ0) is 21.5. The quantitative estimate of drug-likeness (QED) is 0.362. The summed E-state index contributed by atoms with van der Waals surface area (Å²) in [5, 5.41) is 9.18. The topological polar surface area (TPSA) is 79.8 Å². The molecule has 0 saturated carbocycles. The number of hydrogen-bond donors (Lipinski definition) is 2. The molecular formula is C22H27N3O3S. The molecule has 1 aromatic heterocycles. The van der Waals surface area contributed by atoms with E-state index in [2.05, 4.69) is 22.8 Å². The van der Waals surface area contributed by atoms with Crippen molar-refractivity contribution in [3.05, 3.63) is 65.0 Å². The van der Waals surface area contributed by atoms with Crippen LogP contribution in [-0.4, -0.2) is 32.2 Å².